The van der Waals surface area contributed by atoms with Crippen LogP contribution in [0, 0.1) is 11.8 Å². The van der Waals surface area contributed by atoms with Gasteiger partial charge in [-0.15, -0.1) is 0 Å². The summed E-state index contributed by atoms with van der Waals surface area (Å²) >= 11 is 6.41. The van der Waals surface area contributed by atoms with Crippen molar-refractivity contribution in [3.63, 3.8) is 0 Å². The number of amides is 2. The molecule has 6 rings (SSSR count). The maximum Gasteiger partial charge on any atom is 0.407 e. The molecular formula is C33H40ClN3O7S. The quantitative estimate of drug-likeness (QED) is 0.350. The fraction of sp³-hybridized carbons (Fsp3) is 0.515. The number of nitrogens with zero attached hydrogens (tertiary/aromatic N) is 2. The summed E-state index contributed by atoms with van der Waals surface area (Å²) in [7, 11) is -1.98. The van der Waals surface area contributed by atoms with Crippen LogP contribution in [0.3, 0.4) is 0 Å². The molecule has 1 fully saturated rings. The second-order valence-corrected chi connectivity index (χ2v) is 14.3. The molecule has 2 aromatic rings. The lowest BCUT2D eigenvalue weighted by Gasteiger charge is -2.46. The number of ether oxygens (including phenoxy) is 3. The van der Waals surface area contributed by atoms with Crippen LogP contribution in [-0.4, -0.2) is 65.5 Å². The van der Waals surface area contributed by atoms with Gasteiger partial charge in [0.25, 0.3) is 5.91 Å². The summed E-state index contributed by atoms with van der Waals surface area (Å²) < 4.78 is 43.5. The fourth-order valence-electron chi connectivity index (χ4n) is 7.37. The third-order valence-corrected chi connectivity index (χ3v) is 10.9. The summed E-state index contributed by atoms with van der Waals surface area (Å²) in [6, 6.07) is 10.9. The van der Waals surface area contributed by atoms with Gasteiger partial charge in [-0.3, -0.25) is 4.79 Å². The number of hydrogen-bond donors (Lipinski definition) is 2. The van der Waals surface area contributed by atoms with E-state index in [1.54, 1.807) is 38.1 Å². The third kappa shape index (κ3) is 6.14. The molecule has 0 saturated heterocycles. The lowest BCUT2D eigenvalue weighted by molar-refractivity contribution is -0.137. The summed E-state index contributed by atoms with van der Waals surface area (Å²) in [5.41, 5.74) is 1.63. The molecule has 4 atom stereocenters. The van der Waals surface area contributed by atoms with E-state index in [4.69, 9.17) is 25.8 Å². The van der Waals surface area contributed by atoms with Crippen molar-refractivity contribution in [3.8, 4) is 5.75 Å². The van der Waals surface area contributed by atoms with Gasteiger partial charge in [-0.1, -0.05) is 29.8 Å². The van der Waals surface area contributed by atoms with Crippen molar-refractivity contribution in [2.75, 3.05) is 42.6 Å². The van der Waals surface area contributed by atoms with Crippen molar-refractivity contribution in [1.29, 1.82) is 0 Å². The van der Waals surface area contributed by atoms with Gasteiger partial charge < -0.3 is 24.4 Å². The molecular weight excluding hydrogens is 618 g/mol. The van der Waals surface area contributed by atoms with Crippen LogP contribution in [-0.2, 0) is 37.0 Å². The smallest absolute Gasteiger partial charge is 0.407 e. The van der Waals surface area contributed by atoms with Crippen LogP contribution in [0.5, 0.6) is 5.75 Å². The van der Waals surface area contributed by atoms with Gasteiger partial charge in [-0.2, -0.15) is 0 Å². The zero-order valence-electron chi connectivity index (χ0n) is 25.8. The summed E-state index contributed by atoms with van der Waals surface area (Å²) in [5, 5.41) is 3.69. The molecule has 242 valence electrons. The Morgan fingerprint density at radius 1 is 1.16 bits per heavy atom. The normalized spacial score (nSPS) is 28.4. The second kappa shape index (κ2) is 12.5. The minimum atomic E-state index is -3.32. The Bertz CT molecular complexity index is 1590. The first-order chi connectivity index (χ1) is 21.5. The zero-order valence-corrected chi connectivity index (χ0v) is 27.4. The van der Waals surface area contributed by atoms with E-state index in [0.29, 0.717) is 30.5 Å². The molecule has 2 amide bonds. The van der Waals surface area contributed by atoms with Crippen LogP contribution >= 0.6 is 11.6 Å². The van der Waals surface area contributed by atoms with Gasteiger partial charge in [0.15, 0.2) is 0 Å². The molecule has 2 aliphatic carbocycles. The largest absolute Gasteiger partial charge is 0.490 e. The van der Waals surface area contributed by atoms with Gasteiger partial charge in [0.05, 0.1) is 37.7 Å². The molecule has 4 aliphatic rings. The van der Waals surface area contributed by atoms with Crippen LogP contribution in [0.15, 0.2) is 48.6 Å². The van der Waals surface area contributed by atoms with Crippen molar-refractivity contribution in [2.24, 2.45) is 11.8 Å². The summed E-state index contributed by atoms with van der Waals surface area (Å²) in [6.07, 6.45) is 7.87. The van der Waals surface area contributed by atoms with Crippen LogP contribution in [0.4, 0.5) is 16.2 Å². The van der Waals surface area contributed by atoms with E-state index < -0.39 is 28.5 Å². The number of aryl methyl sites for hydroxylation is 1. The number of anilines is 2. The monoisotopic (exact) mass is 657 g/mol. The Labute approximate surface area is 270 Å². The number of hydrogen-bond acceptors (Lipinski definition) is 8. The van der Waals surface area contributed by atoms with Gasteiger partial charge in [0.2, 0.25) is 10.9 Å². The average molecular weight is 658 g/mol. The Kier molecular flexibility index (Phi) is 8.80. The molecule has 2 aromatic carbocycles. The Morgan fingerprint density at radius 2 is 1.98 bits per heavy atom. The van der Waals surface area contributed by atoms with E-state index >= 15 is 0 Å². The minimum absolute atomic E-state index is 0.0507. The van der Waals surface area contributed by atoms with Crippen molar-refractivity contribution in [1.82, 2.24) is 5.32 Å². The van der Waals surface area contributed by atoms with Crippen molar-refractivity contribution < 1.29 is 32.2 Å². The van der Waals surface area contributed by atoms with Crippen molar-refractivity contribution in [2.45, 2.75) is 63.0 Å². The number of benzene rings is 2. The topological polar surface area (TPSA) is 114 Å². The molecule has 2 bridgehead atoms. The molecule has 45 heavy (non-hydrogen) atoms. The number of carbonyl (C=O) groups excluding carboxylic acids is 2. The molecule has 10 nitrogen and oxygen atoms in total. The second-order valence-electron chi connectivity index (χ2n) is 13.0. The van der Waals surface area contributed by atoms with Crippen LogP contribution in [0.1, 0.15) is 50.7 Å². The predicted octanol–water partition coefficient (Wildman–Crippen LogP) is 4.79. The highest BCUT2D eigenvalue weighted by molar-refractivity contribution is 7.75. The molecule has 12 heteroatoms. The van der Waals surface area contributed by atoms with E-state index in [9.17, 15) is 18.0 Å². The molecule has 1 spiro atoms. The standard InChI is InChI=1S/C33H40ClN3O7S/c1-32(2)30(38)37(45(40)41)24-10-13-29-28(17-24)36(18-22-8-11-25(22)27(7-5-15-44-32)35-31(39)42-3)19-33(20-43-29)14-4-6-21-16-23(34)9-12-26(21)33/h5,7,9-10,12-13,16-17,22,25,27,45H,4,6,8,11,14-15,18-20H2,1-3H3,(H,35,39)/b7-5+/t22-,25+,27+,33-/m0/s1. The van der Waals surface area contributed by atoms with Gasteiger partial charge in [-0.25, -0.2) is 17.5 Å². The number of methoxy groups -OCH3 is 1. The summed E-state index contributed by atoms with van der Waals surface area (Å²) in [4.78, 5) is 28.4. The summed E-state index contributed by atoms with van der Waals surface area (Å²) in [5.74, 6) is 0.275. The number of halogens is 1. The summed E-state index contributed by atoms with van der Waals surface area (Å²) in [6.45, 7) is 4.89. The maximum atomic E-state index is 13.7. The molecule has 2 heterocycles. The highest BCUT2D eigenvalue weighted by atomic mass is 35.5. The van der Waals surface area contributed by atoms with Gasteiger partial charge in [0, 0.05) is 23.5 Å². The number of fused-ring (bicyclic) bond motifs is 4. The zero-order chi connectivity index (χ0) is 31.9. The predicted molar refractivity (Wildman–Crippen MR) is 173 cm³/mol. The molecule has 0 aromatic heterocycles. The first kappa shape index (κ1) is 31.7. The Hall–Kier alpha value is -3.28. The Morgan fingerprint density at radius 3 is 2.71 bits per heavy atom. The lowest BCUT2D eigenvalue weighted by Crippen LogP contribution is -2.52. The first-order valence-corrected chi connectivity index (χ1v) is 17.0. The molecule has 1 N–H and O–H groups in total. The van der Waals surface area contributed by atoms with Crippen LogP contribution < -0.4 is 19.3 Å². The highest BCUT2D eigenvalue weighted by Gasteiger charge is 2.45. The SMILES string of the molecule is COC(=O)N[C@@H]1/C=C/COC(C)(C)C(=O)N([SH](=O)=O)c2ccc3c(c2)N(C[C@@H]2CC[C@H]21)C[C@@]1(CCCc2cc(Cl)ccc21)CO3. The first-order valence-electron chi connectivity index (χ1n) is 15.5. The maximum absolute atomic E-state index is 13.7. The fourth-order valence-corrected chi connectivity index (χ4v) is 8.26. The number of nitrogens with one attached hydrogen (secondary N) is 1. The lowest BCUT2D eigenvalue weighted by atomic mass is 9.68. The van der Waals surface area contributed by atoms with Crippen molar-refractivity contribution in [3.05, 3.63) is 64.7 Å². The number of alkyl carbamates (subject to hydrolysis) is 1. The third-order valence-electron chi connectivity index (χ3n) is 9.88. The number of thiol groups is 1. The Balaban J connectivity index is 1.47. The van der Waals surface area contributed by atoms with Crippen LogP contribution in [0.25, 0.3) is 0 Å². The molecule has 0 radical (unpaired) electrons. The molecule has 0 unspecified atom stereocenters. The van der Waals surface area contributed by atoms with Gasteiger partial charge >= 0.3 is 6.09 Å². The molecule has 1 saturated carbocycles. The van der Waals surface area contributed by atoms with Crippen LogP contribution in [0.2, 0.25) is 5.02 Å². The average Bonchev–Trinajstić information content (AvgIpc) is 3.13. The minimum Gasteiger partial charge on any atom is -0.490 e. The van der Waals surface area contributed by atoms with E-state index in [1.807, 2.05) is 12.1 Å². The highest BCUT2D eigenvalue weighted by Crippen LogP contribution is 2.47. The van der Waals surface area contributed by atoms with Crippen molar-refractivity contribution >= 4 is 45.9 Å². The van der Waals surface area contributed by atoms with E-state index in [2.05, 4.69) is 22.3 Å². The van der Waals surface area contributed by atoms with Gasteiger partial charge in [0.1, 0.15) is 11.4 Å². The number of carbonyl (C=O) groups is 2. The van der Waals surface area contributed by atoms with E-state index in [-0.39, 0.29) is 35.6 Å². The van der Waals surface area contributed by atoms with E-state index in [1.165, 1.54) is 18.2 Å². The van der Waals surface area contributed by atoms with Gasteiger partial charge in [-0.05, 0) is 99.2 Å². The van der Waals surface area contributed by atoms with E-state index in [0.717, 1.165) is 42.1 Å². The molecule has 2 aliphatic heterocycles. The number of rotatable bonds is 2.